The fourth-order valence-electron chi connectivity index (χ4n) is 3.39. The molecule has 0 atom stereocenters. The molecule has 7 heteroatoms. The van der Waals surface area contributed by atoms with E-state index in [1.807, 2.05) is 49.7 Å². The summed E-state index contributed by atoms with van der Waals surface area (Å²) in [5.74, 6) is 3.43. The van der Waals surface area contributed by atoms with Crippen LogP contribution in [-0.4, -0.2) is 28.9 Å². The van der Waals surface area contributed by atoms with E-state index in [1.165, 1.54) is 5.56 Å². The minimum Gasteiger partial charge on any atom is -0.490 e. The Balaban J connectivity index is 1.66. The highest BCUT2D eigenvalue weighted by molar-refractivity contribution is 7.98. The van der Waals surface area contributed by atoms with Crippen molar-refractivity contribution in [3.8, 4) is 17.2 Å². The monoisotopic (exact) mass is 423 g/mol. The molecule has 0 radical (unpaired) electrons. The predicted molar refractivity (Wildman–Crippen MR) is 120 cm³/mol. The van der Waals surface area contributed by atoms with Gasteiger partial charge in [-0.15, -0.1) is 0 Å². The Labute approximate surface area is 180 Å². The van der Waals surface area contributed by atoms with Gasteiger partial charge in [0.05, 0.1) is 24.6 Å². The van der Waals surface area contributed by atoms with Gasteiger partial charge in [0, 0.05) is 22.6 Å². The average molecular weight is 424 g/mol. The van der Waals surface area contributed by atoms with Crippen molar-refractivity contribution in [2.24, 2.45) is 0 Å². The number of nitrogens with one attached hydrogen (secondary N) is 1. The predicted octanol–water partition coefficient (Wildman–Crippen LogP) is 4.98. The molecular formula is C23H25N3O3S. The van der Waals surface area contributed by atoms with E-state index in [1.54, 1.807) is 30.0 Å². The molecule has 1 N–H and O–H groups in total. The van der Waals surface area contributed by atoms with Gasteiger partial charge in [-0.25, -0.2) is 4.68 Å². The number of hydrogen-bond donors (Lipinski definition) is 1. The van der Waals surface area contributed by atoms with Gasteiger partial charge in [-0.2, -0.15) is 16.9 Å². The summed E-state index contributed by atoms with van der Waals surface area (Å²) in [6.45, 7) is 6.90. The van der Waals surface area contributed by atoms with E-state index >= 15 is 0 Å². The Bertz CT molecular complexity index is 1060. The minimum atomic E-state index is -0.202. The maximum Gasteiger partial charge on any atom is 0.256 e. The number of benzene rings is 2. The number of anilines is 1. The number of aryl methyl sites for hydroxylation is 1. The van der Waals surface area contributed by atoms with Crippen molar-refractivity contribution < 1.29 is 14.3 Å². The van der Waals surface area contributed by atoms with Gasteiger partial charge in [0.15, 0.2) is 11.5 Å². The number of thioether (sulfide) groups is 1. The third-order valence-electron chi connectivity index (χ3n) is 4.87. The molecule has 0 unspecified atom stereocenters. The molecule has 0 saturated heterocycles. The van der Waals surface area contributed by atoms with Gasteiger partial charge >= 0.3 is 0 Å². The second-order valence-corrected chi connectivity index (χ2v) is 7.98. The van der Waals surface area contributed by atoms with Gasteiger partial charge in [-0.05, 0) is 51.1 Å². The lowest BCUT2D eigenvalue weighted by atomic mass is 10.1. The average Bonchev–Trinajstić information content (AvgIpc) is 3.33. The van der Waals surface area contributed by atoms with E-state index in [9.17, 15) is 4.79 Å². The maximum absolute atomic E-state index is 13.1. The van der Waals surface area contributed by atoms with Crippen molar-refractivity contribution in [3.05, 3.63) is 64.8 Å². The lowest BCUT2D eigenvalue weighted by molar-refractivity contribution is 0.102. The molecule has 1 amide bonds. The fraction of sp³-hybridized carbons (Fsp3) is 0.304. The van der Waals surface area contributed by atoms with Crippen molar-refractivity contribution in [1.82, 2.24) is 9.78 Å². The highest BCUT2D eigenvalue weighted by atomic mass is 32.2. The third kappa shape index (κ3) is 4.03. The molecule has 1 aromatic heterocycles. The van der Waals surface area contributed by atoms with Crippen LogP contribution in [0.15, 0.2) is 42.5 Å². The zero-order valence-electron chi connectivity index (χ0n) is 17.4. The van der Waals surface area contributed by atoms with Gasteiger partial charge in [-0.1, -0.05) is 17.7 Å². The summed E-state index contributed by atoms with van der Waals surface area (Å²) in [6, 6.07) is 13.4. The number of hydrogen-bond acceptors (Lipinski definition) is 5. The highest BCUT2D eigenvalue weighted by Gasteiger charge is 2.25. The number of amides is 1. The van der Waals surface area contributed by atoms with Crippen molar-refractivity contribution in [3.63, 3.8) is 0 Å². The Morgan fingerprint density at radius 1 is 1.07 bits per heavy atom. The summed E-state index contributed by atoms with van der Waals surface area (Å²) >= 11 is 1.81. The standard InChI is InChI=1S/C23H25N3O3S/c1-4-28-20-11-8-16(12-21(20)29-5-2)23(27)24-22-18-13-30-14-19(18)25-26(22)17-9-6-15(3)7-10-17/h6-12H,4-5,13-14H2,1-3H3,(H,24,27). The number of aromatic nitrogens is 2. The molecule has 1 aliphatic rings. The molecule has 0 aliphatic carbocycles. The van der Waals surface area contributed by atoms with Crippen LogP contribution in [0.25, 0.3) is 5.69 Å². The van der Waals surface area contributed by atoms with E-state index in [4.69, 9.17) is 14.6 Å². The van der Waals surface area contributed by atoms with Crippen molar-refractivity contribution >= 4 is 23.5 Å². The molecule has 156 valence electrons. The smallest absolute Gasteiger partial charge is 0.256 e. The minimum absolute atomic E-state index is 0.202. The van der Waals surface area contributed by atoms with Crippen LogP contribution in [-0.2, 0) is 11.5 Å². The Morgan fingerprint density at radius 2 is 1.80 bits per heavy atom. The summed E-state index contributed by atoms with van der Waals surface area (Å²) in [7, 11) is 0. The van der Waals surface area contributed by atoms with E-state index in [0.717, 1.165) is 34.3 Å². The first-order valence-corrected chi connectivity index (χ1v) is 11.2. The molecular weight excluding hydrogens is 398 g/mol. The lowest BCUT2D eigenvalue weighted by Gasteiger charge is -2.14. The largest absolute Gasteiger partial charge is 0.490 e. The van der Waals surface area contributed by atoms with E-state index < -0.39 is 0 Å². The third-order valence-corrected chi connectivity index (χ3v) is 5.84. The highest BCUT2D eigenvalue weighted by Crippen LogP contribution is 2.36. The second kappa shape index (κ2) is 8.83. The fourth-order valence-corrected chi connectivity index (χ4v) is 4.42. The summed E-state index contributed by atoms with van der Waals surface area (Å²) in [5.41, 5.74) is 4.73. The topological polar surface area (TPSA) is 65.4 Å². The van der Waals surface area contributed by atoms with Crippen LogP contribution in [0.2, 0.25) is 0 Å². The molecule has 2 heterocycles. The van der Waals surface area contributed by atoms with E-state index in [0.29, 0.717) is 30.3 Å². The quantitative estimate of drug-likeness (QED) is 0.581. The number of carbonyl (C=O) groups is 1. The molecule has 2 aromatic carbocycles. The summed E-state index contributed by atoms with van der Waals surface area (Å²) in [4.78, 5) is 13.1. The van der Waals surface area contributed by atoms with Crippen LogP contribution >= 0.6 is 11.8 Å². The van der Waals surface area contributed by atoms with Crippen LogP contribution in [0.4, 0.5) is 5.82 Å². The number of ether oxygens (including phenoxy) is 2. The Hall–Kier alpha value is -2.93. The number of fused-ring (bicyclic) bond motifs is 1. The molecule has 0 fully saturated rings. The first-order valence-electron chi connectivity index (χ1n) is 10.1. The van der Waals surface area contributed by atoms with Gasteiger partial charge < -0.3 is 14.8 Å². The van der Waals surface area contributed by atoms with Crippen LogP contribution < -0.4 is 14.8 Å². The zero-order chi connectivity index (χ0) is 21.1. The van der Waals surface area contributed by atoms with Crippen molar-refractivity contribution in [1.29, 1.82) is 0 Å². The summed E-state index contributed by atoms with van der Waals surface area (Å²) < 4.78 is 13.1. The summed E-state index contributed by atoms with van der Waals surface area (Å²) in [6.07, 6.45) is 0. The number of rotatable bonds is 7. The van der Waals surface area contributed by atoms with Gasteiger partial charge in [0.2, 0.25) is 0 Å². The van der Waals surface area contributed by atoms with Gasteiger partial charge in [0.25, 0.3) is 5.91 Å². The van der Waals surface area contributed by atoms with Crippen molar-refractivity contribution in [2.45, 2.75) is 32.3 Å². The lowest BCUT2D eigenvalue weighted by Crippen LogP contribution is -2.16. The first-order chi connectivity index (χ1) is 14.6. The molecule has 3 aromatic rings. The Morgan fingerprint density at radius 3 is 2.53 bits per heavy atom. The summed E-state index contributed by atoms with van der Waals surface area (Å²) in [5, 5.41) is 7.85. The van der Waals surface area contributed by atoms with Crippen molar-refractivity contribution in [2.75, 3.05) is 18.5 Å². The number of carbonyl (C=O) groups excluding carboxylic acids is 1. The maximum atomic E-state index is 13.1. The first kappa shape index (κ1) is 20.3. The van der Waals surface area contributed by atoms with Gasteiger partial charge in [-0.3, -0.25) is 4.79 Å². The molecule has 4 rings (SSSR count). The van der Waals surface area contributed by atoms with Crippen LogP contribution in [0.1, 0.15) is 41.0 Å². The Kier molecular flexibility index (Phi) is 5.99. The zero-order valence-corrected chi connectivity index (χ0v) is 18.2. The van der Waals surface area contributed by atoms with E-state index in [2.05, 4.69) is 5.32 Å². The molecule has 0 saturated carbocycles. The molecule has 30 heavy (non-hydrogen) atoms. The van der Waals surface area contributed by atoms with Crippen LogP contribution in [0, 0.1) is 6.92 Å². The second-order valence-electron chi connectivity index (χ2n) is 7.00. The molecule has 1 aliphatic heterocycles. The molecule has 0 spiro atoms. The van der Waals surface area contributed by atoms with Crippen LogP contribution in [0.3, 0.4) is 0 Å². The normalized spacial score (nSPS) is 12.5. The van der Waals surface area contributed by atoms with E-state index in [-0.39, 0.29) is 5.91 Å². The molecule has 6 nitrogen and oxygen atoms in total. The number of nitrogens with zero attached hydrogens (tertiary/aromatic N) is 2. The SMILES string of the molecule is CCOc1ccc(C(=O)Nc2c3c(nn2-c2ccc(C)cc2)CSC3)cc1OCC. The van der Waals surface area contributed by atoms with Gasteiger partial charge in [0.1, 0.15) is 5.82 Å². The van der Waals surface area contributed by atoms with Crippen LogP contribution in [0.5, 0.6) is 11.5 Å². The molecule has 0 bridgehead atoms.